The summed E-state index contributed by atoms with van der Waals surface area (Å²) in [4.78, 5) is 32.0. The molecular weight excluding hydrogens is 779 g/mol. The Balaban J connectivity index is 0.000000184. The third-order valence-electron chi connectivity index (χ3n) is 8.76. The van der Waals surface area contributed by atoms with Gasteiger partial charge in [0.2, 0.25) is 5.43 Å². The van der Waals surface area contributed by atoms with Crippen LogP contribution < -0.4 is 21.4 Å². The number of aryl methyl sites for hydroxylation is 1. The van der Waals surface area contributed by atoms with Crippen molar-refractivity contribution in [3.8, 4) is 17.2 Å². The van der Waals surface area contributed by atoms with Crippen molar-refractivity contribution in [3.05, 3.63) is 78.7 Å². The number of fused-ring (bicyclic) bond motifs is 1. The molecule has 2 aromatic heterocycles. The maximum absolute atomic E-state index is 14.4. The number of benzene rings is 2. The summed E-state index contributed by atoms with van der Waals surface area (Å²) in [7, 11) is 2.21. The number of carboxylic acids is 1. The quantitative estimate of drug-likeness (QED) is 0.0990. The van der Waals surface area contributed by atoms with Crippen LogP contribution in [0.1, 0.15) is 54.9 Å². The number of aromatic nitrogens is 2. The molecule has 0 atom stereocenters. The summed E-state index contributed by atoms with van der Waals surface area (Å²) in [6, 6.07) is 9.95. The first-order valence-electron chi connectivity index (χ1n) is 16.4. The number of hydrogen-bond acceptors (Lipinski definition) is 10. The van der Waals surface area contributed by atoms with E-state index in [0.29, 0.717) is 25.3 Å². The van der Waals surface area contributed by atoms with Crippen LogP contribution in [-0.2, 0) is 13.1 Å². The van der Waals surface area contributed by atoms with E-state index >= 15 is 0 Å². The first kappa shape index (κ1) is 38.9. The van der Waals surface area contributed by atoms with E-state index in [4.69, 9.17) is 26.2 Å². The zero-order chi connectivity index (χ0) is 36.5. The number of anilines is 2. The summed E-state index contributed by atoms with van der Waals surface area (Å²) in [5, 5.41) is 38.4. The molecule has 2 fully saturated rings. The molecule has 4 aromatic rings. The summed E-state index contributed by atoms with van der Waals surface area (Å²) < 4.78 is 18.0. The van der Waals surface area contributed by atoms with Gasteiger partial charge in [-0.15, -0.1) is 0 Å². The number of nitrogens with two attached hydrogens (primary N) is 1. The number of nitrogens with one attached hydrogen (secondary N) is 1. The highest BCUT2D eigenvalue weighted by molar-refractivity contribution is 9.11. The van der Waals surface area contributed by atoms with Crippen LogP contribution in [0.2, 0.25) is 0 Å². The molecule has 15 heteroatoms. The van der Waals surface area contributed by atoms with E-state index in [0.717, 1.165) is 46.4 Å². The number of phenolic OH excluding ortho intramolecular Hbond substituents is 3. The standard InChI is InChI=1S/C15H17FN4O3.C14H20Br2N2.C6H6O3/c1-2-19-8-10(15(22)23)12(21)9-7-11(16)14(18-13(9)19)20-5-3-17-4-6-20;1-18(12-5-3-2-4-6-12)9-10-7-11(15)8-13(16)14(10)17;7-4-2-1-3-5(8)6(4)9/h7-8,17H,2-6H2,1H3,(H,22,23);7-8,12H,2-6,9,17H2,1H3;1-3,7-9H. The number of carbonyl (C=O) groups is 1. The Kier molecular flexibility index (Phi) is 13.9. The van der Waals surface area contributed by atoms with E-state index in [1.807, 2.05) is 17.9 Å². The van der Waals surface area contributed by atoms with Gasteiger partial charge in [0.1, 0.15) is 11.2 Å². The molecule has 2 aromatic carbocycles. The third-order valence-corrected chi connectivity index (χ3v) is 9.88. The largest absolute Gasteiger partial charge is 0.504 e. The third kappa shape index (κ3) is 9.65. The van der Waals surface area contributed by atoms with Crippen LogP contribution in [0, 0.1) is 5.82 Å². The lowest BCUT2D eigenvalue weighted by atomic mass is 9.94. The number of hydrogen-bond donors (Lipinski definition) is 6. The van der Waals surface area contributed by atoms with E-state index in [1.54, 1.807) is 4.57 Å². The number of carboxylic acid groups (broad SMARTS) is 1. The maximum Gasteiger partial charge on any atom is 0.341 e. The molecule has 270 valence electrons. The molecule has 0 unspecified atom stereocenters. The lowest BCUT2D eigenvalue weighted by molar-refractivity contribution is 0.0694. The van der Waals surface area contributed by atoms with Crippen molar-refractivity contribution in [1.82, 2.24) is 19.8 Å². The molecule has 50 heavy (non-hydrogen) atoms. The van der Waals surface area contributed by atoms with Crippen molar-refractivity contribution in [2.75, 3.05) is 43.9 Å². The zero-order valence-corrected chi connectivity index (χ0v) is 31.2. The second-order valence-corrected chi connectivity index (χ2v) is 13.9. The fourth-order valence-corrected chi connectivity index (χ4v) is 7.29. The first-order valence-corrected chi connectivity index (χ1v) is 18.0. The van der Waals surface area contributed by atoms with E-state index in [1.165, 1.54) is 62.1 Å². The Morgan fingerprint density at radius 1 is 1.08 bits per heavy atom. The van der Waals surface area contributed by atoms with E-state index in [9.17, 15) is 14.0 Å². The van der Waals surface area contributed by atoms with Gasteiger partial charge in [0, 0.05) is 60.5 Å². The van der Waals surface area contributed by atoms with Gasteiger partial charge in [-0.05, 0) is 78.6 Å². The Bertz CT molecular complexity index is 1840. The Morgan fingerprint density at radius 3 is 2.30 bits per heavy atom. The molecule has 2 aliphatic rings. The Hall–Kier alpha value is -3.92. The number of pyridine rings is 2. The van der Waals surface area contributed by atoms with Gasteiger partial charge in [0.05, 0.1) is 11.1 Å². The molecule has 7 N–H and O–H groups in total. The van der Waals surface area contributed by atoms with Crippen molar-refractivity contribution in [3.63, 3.8) is 0 Å². The van der Waals surface area contributed by atoms with Crippen molar-refractivity contribution in [1.29, 1.82) is 0 Å². The molecule has 1 saturated heterocycles. The lowest BCUT2D eigenvalue weighted by Gasteiger charge is -2.31. The normalized spacial score (nSPS) is 14.9. The SMILES string of the molecule is CCn1cc(C(=O)O)c(=O)c2cc(F)c(N3CCNCC3)nc21.CN(Cc1cc(Br)cc(Br)c1N)C1CCCCC1.Oc1cccc(O)c1O. The molecule has 0 amide bonds. The van der Waals surface area contributed by atoms with Gasteiger partial charge in [-0.1, -0.05) is 41.3 Å². The van der Waals surface area contributed by atoms with Gasteiger partial charge < -0.3 is 40.9 Å². The van der Waals surface area contributed by atoms with Crippen molar-refractivity contribution in [2.45, 2.75) is 58.2 Å². The number of nitrogen functional groups attached to an aromatic ring is 1. The first-order chi connectivity index (χ1) is 23.8. The van der Waals surface area contributed by atoms with Crippen molar-refractivity contribution in [2.24, 2.45) is 0 Å². The smallest absolute Gasteiger partial charge is 0.341 e. The summed E-state index contributed by atoms with van der Waals surface area (Å²) in [6.07, 6.45) is 8.05. The fraction of sp³-hybridized carbons (Fsp3) is 0.400. The van der Waals surface area contributed by atoms with Crippen LogP contribution in [-0.4, -0.2) is 80.1 Å². The van der Waals surface area contributed by atoms with Gasteiger partial charge in [-0.3, -0.25) is 9.69 Å². The van der Waals surface area contributed by atoms with E-state index < -0.39 is 23.0 Å². The fourth-order valence-electron chi connectivity index (χ4n) is 5.98. The average molecular weight is 823 g/mol. The molecule has 1 aliphatic carbocycles. The van der Waals surface area contributed by atoms with Gasteiger partial charge >= 0.3 is 5.97 Å². The second-order valence-electron chi connectivity index (χ2n) is 12.2. The molecular formula is C35H43Br2FN6O6. The van der Waals surface area contributed by atoms with Gasteiger partial charge in [0.25, 0.3) is 0 Å². The second kappa shape index (κ2) is 17.8. The number of para-hydroxylation sites is 1. The molecule has 6 rings (SSSR count). The Labute approximate surface area is 306 Å². The van der Waals surface area contributed by atoms with Crippen LogP contribution in [0.4, 0.5) is 15.9 Å². The van der Waals surface area contributed by atoms with Crippen LogP contribution in [0.15, 0.2) is 56.3 Å². The molecule has 3 heterocycles. The van der Waals surface area contributed by atoms with E-state index in [2.05, 4.69) is 60.2 Å². The molecule has 0 radical (unpaired) electrons. The van der Waals surface area contributed by atoms with Gasteiger partial charge in [0.15, 0.2) is 28.9 Å². The summed E-state index contributed by atoms with van der Waals surface area (Å²) in [5.41, 5.74) is 7.41. The number of aromatic hydroxyl groups is 3. The highest BCUT2D eigenvalue weighted by atomic mass is 79.9. The molecule has 0 spiro atoms. The highest BCUT2D eigenvalue weighted by Gasteiger charge is 2.22. The summed E-state index contributed by atoms with van der Waals surface area (Å²) >= 11 is 7.04. The van der Waals surface area contributed by atoms with Gasteiger partial charge in [-0.2, -0.15) is 0 Å². The van der Waals surface area contributed by atoms with Crippen molar-refractivity contribution < 1.29 is 29.6 Å². The lowest BCUT2D eigenvalue weighted by Crippen LogP contribution is -2.44. The predicted octanol–water partition coefficient (Wildman–Crippen LogP) is 6.03. The van der Waals surface area contributed by atoms with E-state index in [-0.39, 0.29) is 28.3 Å². The monoisotopic (exact) mass is 820 g/mol. The number of nitrogens with zero attached hydrogens (tertiary/aromatic N) is 4. The van der Waals surface area contributed by atoms with Crippen LogP contribution in [0.25, 0.3) is 11.0 Å². The number of piperazine rings is 1. The maximum atomic E-state index is 14.4. The minimum absolute atomic E-state index is 0.0110. The molecule has 0 bridgehead atoms. The summed E-state index contributed by atoms with van der Waals surface area (Å²) in [5.74, 6) is -2.83. The number of aromatic carboxylic acids is 1. The minimum atomic E-state index is -1.33. The predicted molar refractivity (Wildman–Crippen MR) is 200 cm³/mol. The molecule has 1 saturated carbocycles. The van der Waals surface area contributed by atoms with Crippen LogP contribution in [0.3, 0.4) is 0 Å². The highest BCUT2D eigenvalue weighted by Crippen LogP contribution is 2.33. The Morgan fingerprint density at radius 2 is 1.72 bits per heavy atom. The van der Waals surface area contributed by atoms with Crippen LogP contribution >= 0.6 is 31.9 Å². The van der Waals surface area contributed by atoms with Crippen molar-refractivity contribution >= 4 is 60.4 Å². The topological polar surface area (TPSA) is 177 Å². The molecule has 12 nitrogen and oxygen atoms in total. The number of halogens is 3. The van der Waals surface area contributed by atoms with Crippen LogP contribution in [0.5, 0.6) is 17.2 Å². The minimum Gasteiger partial charge on any atom is -0.504 e. The zero-order valence-electron chi connectivity index (χ0n) is 28.0. The number of phenols is 3. The van der Waals surface area contributed by atoms with Gasteiger partial charge in [-0.25, -0.2) is 14.2 Å². The average Bonchev–Trinajstić information content (AvgIpc) is 3.10. The number of rotatable bonds is 6. The molecule has 1 aliphatic heterocycles. The summed E-state index contributed by atoms with van der Waals surface area (Å²) in [6.45, 7) is 5.88.